The maximum absolute atomic E-state index is 9.94. The van der Waals surface area contributed by atoms with Crippen molar-refractivity contribution in [3.05, 3.63) is 0 Å². The molecule has 14 heavy (non-hydrogen) atoms. The van der Waals surface area contributed by atoms with Gasteiger partial charge in [0.05, 0.1) is 5.60 Å². The second-order valence-electron chi connectivity index (χ2n) is 7.06. The van der Waals surface area contributed by atoms with Gasteiger partial charge in [-0.2, -0.15) is 0 Å². The number of rotatable bonds is 0. The predicted molar refractivity (Wildman–Crippen MR) is 56.9 cm³/mol. The molecule has 80 valence electrons. The Kier molecular flexibility index (Phi) is 1.45. The molecule has 0 unspecified atom stereocenters. The fourth-order valence-electron chi connectivity index (χ4n) is 5.07. The molecule has 4 aliphatic rings. The highest BCUT2D eigenvalue weighted by molar-refractivity contribution is 5.16. The summed E-state index contributed by atoms with van der Waals surface area (Å²) in [5, 5.41) is 9.94. The molecule has 4 aliphatic carbocycles. The summed E-state index contributed by atoms with van der Waals surface area (Å²) >= 11 is 0. The van der Waals surface area contributed by atoms with Gasteiger partial charge in [0.25, 0.3) is 0 Å². The van der Waals surface area contributed by atoms with Crippen LogP contribution in [0.1, 0.15) is 52.9 Å². The first-order valence-electron chi connectivity index (χ1n) is 6.08. The number of aliphatic hydroxyl groups is 1. The molecule has 0 aliphatic heterocycles. The van der Waals surface area contributed by atoms with Crippen molar-refractivity contribution in [3.8, 4) is 0 Å². The van der Waals surface area contributed by atoms with Crippen molar-refractivity contribution in [1.82, 2.24) is 0 Å². The Morgan fingerprint density at radius 1 is 1.14 bits per heavy atom. The molecule has 1 heteroatoms. The smallest absolute Gasteiger partial charge is 0.0630 e. The summed E-state index contributed by atoms with van der Waals surface area (Å²) in [6, 6.07) is 0. The van der Waals surface area contributed by atoms with Crippen LogP contribution in [0.5, 0.6) is 0 Å². The van der Waals surface area contributed by atoms with Crippen LogP contribution in [0.3, 0.4) is 0 Å². The summed E-state index contributed by atoms with van der Waals surface area (Å²) in [7, 11) is 0. The van der Waals surface area contributed by atoms with E-state index in [1.165, 1.54) is 19.3 Å². The molecule has 0 aromatic rings. The van der Waals surface area contributed by atoms with E-state index in [0.717, 1.165) is 24.7 Å². The molecule has 0 heterocycles. The highest BCUT2D eigenvalue weighted by Gasteiger charge is 2.66. The Bertz CT molecular complexity index is 267. The highest BCUT2D eigenvalue weighted by Crippen LogP contribution is 2.73. The summed E-state index contributed by atoms with van der Waals surface area (Å²) in [6.45, 7) is 6.90. The van der Waals surface area contributed by atoms with Crippen LogP contribution in [0.4, 0.5) is 0 Å². The molecule has 4 fully saturated rings. The molecule has 0 amide bonds. The monoisotopic (exact) mass is 194 g/mol. The Morgan fingerprint density at radius 2 is 1.79 bits per heavy atom. The van der Waals surface area contributed by atoms with Gasteiger partial charge in [-0.05, 0) is 61.7 Å². The lowest BCUT2D eigenvalue weighted by Gasteiger charge is -2.71. The Hall–Kier alpha value is -0.0400. The van der Waals surface area contributed by atoms with E-state index in [1.54, 1.807) is 0 Å². The summed E-state index contributed by atoms with van der Waals surface area (Å²) in [5.41, 5.74) is 0.787. The summed E-state index contributed by atoms with van der Waals surface area (Å²) in [4.78, 5) is 0. The predicted octanol–water partition coefficient (Wildman–Crippen LogP) is 2.97. The zero-order valence-electron chi connectivity index (χ0n) is 9.64. The first-order chi connectivity index (χ1) is 6.36. The minimum absolute atomic E-state index is 0.335. The average Bonchev–Trinajstić information content (AvgIpc) is 2.00. The van der Waals surface area contributed by atoms with E-state index in [9.17, 15) is 5.11 Å². The largest absolute Gasteiger partial charge is 0.390 e. The van der Waals surface area contributed by atoms with Gasteiger partial charge in [0.15, 0.2) is 0 Å². The Labute approximate surface area is 86.9 Å². The quantitative estimate of drug-likeness (QED) is 0.628. The second kappa shape index (κ2) is 2.21. The molecule has 0 radical (unpaired) electrons. The zero-order valence-corrected chi connectivity index (χ0v) is 9.64. The van der Waals surface area contributed by atoms with Crippen LogP contribution in [0.25, 0.3) is 0 Å². The molecule has 0 saturated heterocycles. The maximum atomic E-state index is 9.94. The maximum Gasteiger partial charge on any atom is 0.0630 e. The fraction of sp³-hybridized carbons (Fsp3) is 1.00. The number of hydrogen-bond donors (Lipinski definition) is 1. The molecular formula is C13H22O. The van der Waals surface area contributed by atoms with Crippen LogP contribution < -0.4 is 0 Å². The van der Waals surface area contributed by atoms with Crippen molar-refractivity contribution in [3.63, 3.8) is 0 Å². The van der Waals surface area contributed by atoms with Crippen molar-refractivity contribution < 1.29 is 5.11 Å². The highest BCUT2D eigenvalue weighted by atomic mass is 16.3. The van der Waals surface area contributed by atoms with Gasteiger partial charge in [-0.25, -0.2) is 0 Å². The molecule has 1 nitrogen and oxygen atoms in total. The average molecular weight is 194 g/mol. The van der Waals surface area contributed by atoms with E-state index in [1.807, 2.05) is 6.92 Å². The third-order valence-electron chi connectivity index (χ3n) is 5.67. The van der Waals surface area contributed by atoms with E-state index in [-0.39, 0.29) is 5.60 Å². The van der Waals surface area contributed by atoms with E-state index < -0.39 is 0 Å². The molecule has 1 spiro atoms. The van der Waals surface area contributed by atoms with E-state index in [4.69, 9.17) is 0 Å². The number of fused-ring (bicyclic) bond motifs is 1. The minimum atomic E-state index is -0.335. The van der Waals surface area contributed by atoms with E-state index >= 15 is 0 Å². The van der Waals surface area contributed by atoms with Crippen LogP contribution in [-0.4, -0.2) is 10.7 Å². The van der Waals surface area contributed by atoms with Crippen molar-refractivity contribution in [1.29, 1.82) is 0 Å². The first-order valence-corrected chi connectivity index (χ1v) is 6.08. The molecular weight excluding hydrogens is 172 g/mol. The third kappa shape index (κ3) is 0.900. The van der Waals surface area contributed by atoms with Gasteiger partial charge in [-0.15, -0.1) is 0 Å². The van der Waals surface area contributed by atoms with E-state index in [2.05, 4.69) is 13.8 Å². The molecule has 0 aromatic carbocycles. The first kappa shape index (κ1) is 9.21. The summed E-state index contributed by atoms with van der Waals surface area (Å²) < 4.78 is 0. The van der Waals surface area contributed by atoms with Crippen LogP contribution in [-0.2, 0) is 0 Å². The summed E-state index contributed by atoms with van der Waals surface area (Å²) in [6.07, 6.45) is 6.40. The molecule has 2 bridgehead atoms. The van der Waals surface area contributed by atoms with Gasteiger partial charge < -0.3 is 5.11 Å². The Balaban J connectivity index is 1.84. The minimum Gasteiger partial charge on any atom is -0.390 e. The molecule has 4 rings (SSSR count). The van der Waals surface area contributed by atoms with Crippen LogP contribution in [0.15, 0.2) is 0 Å². The fourth-order valence-corrected chi connectivity index (χ4v) is 5.07. The van der Waals surface area contributed by atoms with Crippen LogP contribution in [0.2, 0.25) is 0 Å². The molecule has 0 aromatic heterocycles. The van der Waals surface area contributed by atoms with Gasteiger partial charge in [0.2, 0.25) is 0 Å². The topological polar surface area (TPSA) is 20.2 Å². The third-order valence-corrected chi connectivity index (χ3v) is 5.67. The number of hydrogen-bond acceptors (Lipinski definition) is 1. The SMILES string of the molecule is CC1(O)CC2(CC[C@@H]3C[C@H]2C3(C)C)C1. The zero-order chi connectivity index (χ0) is 10.2. The standard InChI is InChI=1S/C13H22O/c1-11(2)9-4-5-13(10(11)6-9)7-12(3,14)8-13/h9-10,14H,4-8H2,1-3H3/t9-,10+,12?,13?/m1/s1. The molecule has 4 saturated carbocycles. The van der Waals surface area contributed by atoms with Crippen molar-refractivity contribution in [2.75, 3.05) is 0 Å². The molecule has 1 N–H and O–H groups in total. The van der Waals surface area contributed by atoms with Gasteiger partial charge >= 0.3 is 0 Å². The van der Waals surface area contributed by atoms with Gasteiger partial charge in [-0.3, -0.25) is 0 Å². The van der Waals surface area contributed by atoms with Crippen LogP contribution >= 0.6 is 0 Å². The van der Waals surface area contributed by atoms with Crippen molar-refractivity contribution in [2.45, 2.75) is 58.5 Å². The lowest BCUT2D eigenvalue weighted by molar-refractivity contribution is -0.245. The van der Waals surface area contributed by atoms with E-state index in [0.29, 0.717) is 10.8 Å². The van der Waals surface area contributed by atoms with Gasteiger partial charge in [0, 0.05) is 0 Å². The molecule has 2 atom stereocenters. The second-order valence-corrected chi connectivity index (χ2v) is 7.06. The van der Waals surface area contributed by atoms with Crippen molar-refractivity contribution in [2.24, 2.45) is 22.7 Å². The lowest BCUT2D eigenvalue weighted by atomic mass is 9.35. The van der Waals surface area contributed by atoms with Crippen molar-refractivity contribution >= 4 is 0 Å². The summed E-state index contributed by atoms with van der Waals surface area (Å²) in [5.74, 6) is 1.90. The Morgan fingerprint density at radius 3 is 2.21 bits per heavy atom. The lowest BCUT2D eigenvalue weighted by Crippen LogP contribution is -2.65. The van der Waals surface area contributed by atoms with Gasteiger partial charge in [-0.1, -0.05) is 13.8 Å². The van der Waals surface area contributed by atoms with Crippen LogP contribution in [0, 0.1) is 22.7 Å². The van der Waals surface area contributed by atoms with Gasteiger partial charge in [0.1, 0.15) is 0 Å². The normalized spacial score (nSPS) is 59.1.